The zero-order valence-corrected chi connectivity index (χ0v) is 9.90. The van der Waals surface area contributed by atoms with Crippen molar-refractivity contribution in [3.8, 4) is 11.5 Å². The molecule has 0 heterocycles. The van der Waals surface area contributed by atoms with Crippen LogP contribution in [0.4, 0.5) is 17.6 Å². The lowest BCUT2D eigenvalue weighted by molar-refractivity contribution is -0.141. The monoisotopic (exact) mass is 267 g/mol. The predicted molar refractivity (Wildman–Crippen MR) is 57.3 cm³/mol. The summed E-state index contributed by atoms with van der Waals surface area (Å²) >= 11 is 0. The van der Waals surface area contributed by atoms with E-state index >= 15 is 0 Å². The second-order valence-electron chi connectivity index (χ2n) is 3.50. The number of benzene rings is 1. The van der Waals surface area contributed by atoms with Crippen LogP contribution in [0.25, 0.3) is 0 Å². The minimum atomic E-state index is -4.86. The van der Waals surface area contributed by atoms with Crippen LogP contribution in [0.5, 0.6) is 11.5 Å². The van der Waals surface area contributed by atoms with Crippen molar-refractivity contribution in [2.24, 2.45) is 5.73 Å². The maximum atomic E-state index is 13.8. The number of halogens is 4. The van der Waals surface area contributed by atoms with Crippen LogP contribution in [0.2, 0.25) is 0 Å². The van der Waals surface area contributed by atoms with Crippen molar-refractivity contribution in [2.75, 3.05) is 20.8 Å². The van der Waals surface area contributed by atoms with E-state index in [2.05, 4.69) is 9.47 Å². The molecule has 7 heteroatoms. The lowest BCUT2D eigenvalue weighted by Gasteiger charge is -2.17. The molecule has 0 aliphatic heterocycles. The second kappa shape index (κ2) is 5.43. The molecular formula is C11H13F4NO2. The Bertz CT molecular complexity index is 432. The first kappa shape index (κ1) is 14.6. The predicted octanol–water partition coefficient (Wildman–Crippen LogP) is 2.36. The van der Waals surface area contributed by atoms with Gasteiger partial charge in [0.25, 0.3) is 0 Å². The van der Waals surface area contributed by atoms with Gasteiger partial charge >= 0.3 is 6.18 Å². The van der Waals surface area contributed by atoms with Gasteiger partial charge in [-0.25, -0.2) is 4.39 Å². The van der Waals surface area contributed by atoms with Crippen molar-refractivity contribution in [3.05, 3.63) is 23.0 Å². The summed E-state index contributed by atoms with van der Waals surface area (Å²) in [6.07, 6.45) is -4.67. The molecule has 0 saturated heterocycles. The fourth-order valence-electron chi connectivity index (χ4n) is 1.65. The highest BCUT2D eigenvalue weighted by Crippen LogP contribution is 2.42. The van der Waals surface area contributed by atoms with E-state index in [4.69, 9.17) is 5.73 Å². The fourth-order valence-corrected chi connectivity index (χ4v) is 1.65. The highest BCUT2D eigenvalue weighted by Gasteiger charge is 2.40. The first-order chi connectivity index (χ1) is 8.36. The molecule has 0 amide bonds. The molecule has 3 nitrogen and oxygen atoms in total. The zero-order valence-electron chi connectivity index (χ0n) is 9.90. The maximum Gasteiger partial charge on any atom is 0.422 e. The van der Waals surface area contributed by atoms with E-state index in [-0.39, 0.29) is 18.5 Å². The minimum Gasteiger partial charge on any atom is -0.496 e. The van der Waals surface area contributed by atoms with Gasteiger partial charge in [-0.05, 0) is 19.0 Å². The lowest BCUT2D eigenvalue weighted by Crippen LogP contribution is -2.14. The summed E-state index contributed by atoms with van der Waals surface area (Å²) in [4.78, 5) is 0. The standard InChI is InChI=1S/C11H13F4NO2/c1-17-7-5-6(3-4-16)10(18-2)9(12)8(7)11(13,14)15/h5H,3-4,16H2,1-2H3. The molecule has 2 N–H and O–H groups in total. The molecule has 0 fully saturated rings. The van der Waals surface area contributed by atoms with Crippen molar-refractivity contribution in [1.29, 1.82) is 0 Å². The topological polar surface area (TPSA) is 44.5 Å². The molecule has 0 saturated carbocycles. The average Bonchev–Trinajstić information content (AvgIpc) is 2.27. The molecule has 1 rings (SSSR count). The first-order valence-electron chi connectivity index (χ1n) is 5.07. The molecule has 0 spiro atoms. The van der Waals surface area contributed by atoms with Gasteiger partial charge in [0, 0.05) is 5.56 Å². The van der Waals surface area contributed by atoms with Crippen molar-refractivity contribution >= 4 is 0 Å². The Morgan fingerprint density at radius 1 is 1.22 bits per heavy atom. The van der Waals surface area contributed by atoms with Gasteiger partial charge in [-0.3, -0.25) is 0 Å². The highest BCUT2D eigenvalue weighted by molar-refractivity contribution is 5.49. The Morgan fingerprint density at radius 3 is 2.22 bits per heavy atom. The number of ether oxygens (including phenoxy) is 2. The lowest BCUT2D eigenvalue weighted by atomic mass is 10.0. The van der Waals surface area contributed by atoms with Gasteiger partial charge in [-0.15, -0.1) is 0 Å². The Morgan fingerprint density at radius 2 is 1.83 bits per heavy atom. The van der Waals surface area contributed by atoms with Gasteiger partial charge in [-0.1, -0.05) is 0 Å². The van der Waals surface area contributed by atoms with E-state index in [1.54, 1.807) is 0 Å². The van der Waals surface area contributed by atoms with Crippen LogP contribution in [0.3, 0.4) is 0 Å². The Labute approximate surface area is 101 Å². The van der Waals surface area contributed by atoms with Gasteiger partial charge in [-0.2, -0.15) is 13.2 Å². The number of nitrogens with two attached hydrogens (primary N) is 1. The molecule has 0 aromatic heterocycles. The van der Waals surface area contributed by atoms with Crippen molar-refractivity contribution < 1.29 is 27.0 Å². The normalized spacial score (nSPS) is 11.5. The molecule has 0 atom stereocenters. The van der Waals surface area contributed by atoms with E-state index in [1.165, 1.54) is 0 Å². The summed E-state index contributed by atoms with van der Waals surface area (Å²) in [5.41, 5.74) is 4.08. The molecule has 0 aliphatic rings. The second-order valence-corrected chi connectivity index (χ2v) is 3.50. The van der Waals surface area contributed by atoms with Gasteiger partial charge in [0.15, 0.2) is 11.6 Å². The third kappa shape index (κ3) is 2.66. The summed E-state index contributed by atoms with van der Waals surface area (Å²) in [6.45, 7) is 0.157. The minimum absolute atomic E-state index is 0.157. The van der Waals surface area contributed by atoms with E-state index in [1.807, 2.05) is 0 Å². The van der Waals surface area contributed by atoms with Crippen LogP contribution in [-0.4, -0.2) is 20.8 Å². The number of hydrogen-bond acceptors (Lipinski definition) is 3. The van der Waals surface area contributed by atoms with E-state index in [0.717, 1.165) is 20.3 Å². The smallest absolute Gasteiger partial charge is 0.422 e. The molecular weight excluding hydrogens is 254 g/mol. The largest absolute Gasteiger partial charge is 0.496 e. The van der Waals surface area contributed by atoms with E-state index < -0.39 is 29.1 Å². The van der Waals surface area contributed by atoms with Crippen LogP contribution in [0.15, 0.2) is 6.07 Å². The van der Waals surface area contributed by atoms with Crippen LogP contribution < -0.4 is 15.2 Å². The first-order valence-corrected chi connectivity index (χ1v) is 5.07. The van der Waals surface area contributed by atoms with Gasteiger partial charge in [0.1, 0.15) is 11.3 Å². The Kier molecular flexibility index (Phi) is 4.39. The van der Waals surface area contributed by atoms with Gasteiger partial charge in [0.05, 0.1) is 14.2 Å². The van der Waals surface area contributed by atoms with Crippen molar-refractivity contribution in [1.82, 2.24) is 0 Å². The molecule has 1 aromatic carbocycles. The summed E-state index contributed by atoms with van der Waals surface area (Å²) in [5.74, 6) is -2.51. The number of hydrogen-bond donors (Lipinski definition) is 1. The molecule has 0 unspecified atom stereocenters. The third-order valence-electron chi connectivity index (χ3n) is 2.38. The summed E-state index contributed by atoms with van der Waals surface area (Å²) < 4.78 is 61.3. The van der Waals surface area contributed by atoms with Crippen LogP contribution in [0, 0.1) is 5.82 Å². The quantitative estimate of drug-likeness (QED) is 0.852. The summed E-state index contributed by atoms with van der Waals surface area (Å²) in [7, 11) is 2.15. The SMILES string of the molecule is COc1cc(CCN)c(OC)c(F)c1C(F)(F)F. The molecule has 0 bridgehead atoms. The number of rotatable bonds is 4. The molecule has 0 aliphatic carbocycles. The molecule has 1 aromatic rings. The fraction of sp³-hybridized carbons (Fsp3) is 0.455. The maximum absolute atomic E-state index is 13.8. The van der Waals surface area contributed by atoms with Crippen LogP contribution in [0.1, 0.15) is 11.1 Å². The van der Waals surface area contributed by atoms with Crippen LogP contribution >= 0.6 is 0 Å². The third-order valence-corrected chi connectivity index (χ3v) is 2.38. The summed E-state index contributed by atoms with van der Waals surface area (Å²) in [5, 5.41) is 0. The molecule has 18 heavy (non-hydrogen) atoms. The average molecular weight is 267 g/mol. The van der Waals surface area contributed by atoms with Gasteiger partial charge < -0.3 is 15.2 Å². The van der Waals surface area contributed by atoms with E-state index in [0.29, 0.717) is 0 Å². The number of methoxy groups -OCH3 is 2. The Balaban J connectivity index is 3.53. The van der Waals surface area contributed by atoms with Crippen LogP contribution in [-0.2, 0) is 12.6 Å². The molecule has 0 radical (unpaired) electrons. The Hall–Kier alpha value is -1.50. The number of alkyl halides is 3. The van der Waals surface area contributed by atoms with E-state index in [9.17, 15) is 17.6 Å². The highest BCUT2D eigenvalue weighted by atomic mass is 19.4. The zero-order chi connectivity index (χ0) is 13.9. The van der Waals surface area contributed by atoms with Gasteiger partial charge in [0.2, 0.25) is 0 Å². The summed E-state index contributed by atoms with van der Waals surface area (Å²) in [6, 6.07) is 1.09. The van der Waals surface area contributed by atoms with Crippen molar-refractivity contribution in [3.63, 3.8) is 0 Å². The molecule has 102 valence electrons. The van der Waals surface area contributed by atoms with Crippen molar-refractivity contribution in [2.45, 2.75) is 12.6 Å².